The van der Waals surface area contributed by atoms with Crippen LogP contribution in [0.15, 0.2) is 0 Å². The van der Waals surface area contributed by atoms with Crippen LogP contribution in [0, 0.1) is 0 Å². The van der Waals surface area contributed by atoms with Crippen LogP contribution in [0.3, 0.4) is 0 Å². The molecular weight excluding hydrogens is 126 g/mol. The SMILES string of the molecule is CCO[N+](C)(C)C(C)(C)C. The van der Waals surface area contributed by atoms with Crippen molar-refractivity contribution in [3.8, 4) is 0 Å². The van der Waals surface area contributed by atoms with E-state index in [9.17, 15) is 0 Å². The van der Waals surface area contributed by atoms with E-state index in [1.807, 2.05) is 6.92 Å². The summed E-state index contributed by atoms with van der Waals surface area (Å²) in [4.78, 5) is 5.53. The van der Waals surface area contributed by atoms with Crippen LogP contribution in [0.25, 0.3) is 0 Å². The van der Waals surface area contributed by atoms with Gasteiger partial charge in [0.25, 0.3) is 0 Å². The first-order valence-corrected chi connectivity index (χ1v) is 3.80. The molecule has 0 saturated heterocycles. The molecule has 0 heterocycles. The van der Waals surface area contributed by atoms with Crippen LogP contribution in [0.1, 0.15) is 27.7 Å². The molecule has 2 nitrogen and oxygen atoms in total. The fourth-order valence-electron chi connectivity index (χ4n) is 0.516. The highest BCUT2D eigenvalue weighted by atomic mass is 16.7. The lowest BCUT2D eigenvalue weighted by Gasteiger charge is -2.38. The summed E-state index contributed by atoms with van der Waals surface area (Å²) in [5.41, 5.74) is 0.163. The molecule has 62 valence electrons. The van der Waals surface area contributed by atoms with Crippen molar-refractivity contribution in [2.45, 2.75) is 33.2 Å². The maximum atomic E-state index is 5.53. The number of hydrogen-bond donors (Lipinski definition) is 0. The molecule has 0 aromatic heterocycles. The van der Waals surface area contributed by atoms with E-state index in [0.29, 0.717) is 4.65 Å². The first kappa shape index (κ1) is 9.92. The van der Waals surface area contributed by atoms with E-state index in [-0.39, 0.29) is 5.54 Å². The van der Waals surface area contributed by atoms with E-state index in [4.69, 9.17) is 4.84 Å². The minimum absolute atomic E-state index is 0.163. The first-order chi connectivity index (χ1) is 4.31. The molecule has 0 radical (unpaired) electrons. The average molecular weight is 146 g/mol. The predicted molar refractivity (Wildman–Crippen MR) is 43.5 cm³/mol. The molecule has 0 aliphatic heterocycles. The quantitative estimate of drug-likeness (QED) is 0.426. The van der Waals surface area contributed by atoms with Gasteiger partial charge in [-0.3, -0.25) is 0 Å². The highest BCUT2D eigenvalue weighted by molar-refractivity contribution is 4.55. The lowest BCUT2D eigenvalue weighted by atomic mass is 10.1. The molecule has 0 spiro atoms. The van der Waals surface area contributed by atoms with Crippen LogP contribution < -0.4 is 0 Å². The Kier molecular flexibility index (Phi) is 2.86. The topological polar surface area (TPSA) is 9.23 Å². The van der Waals surface area contributed by atoms with E-state index in [1.54, 1.807) is 0 Å². The largest absolute Gasteiger partial charge is 0.203 e. The van der Waals surface area contributed by atoms with Crippen molar-refractivity contribution >= 4 is 0 Å². The van der Waals surface area contributed by atoms with Gasteiger partial charge in [0, 0.05) is 0 Å². The summed E-state index contributed by atoms with van der Waals surface area (Å²) in [5, 5.41) is 0. The smallest absolute Gasteiger partial charge is 0.120 e. The van der Waals surface area contributed by atoms with Gasteiger partial charge in [0.05, 0.1) is 14.1 Å². The van der Waals surface area contributed by atoms with Gasteiger partial charge >= 0.3 is 0 Å². The number of nitrogens with zero attached hydrogens (tertiary/aromatic N) is 1. The van der Waals surface area contributed by atoms with Gasteiger partial charge in [0.2, 0.25) is 0 Å². The van der Waals surface area contributed by atoms with E-state index in [0.717, 1.165) is 6.61 Å². The molecule has 0 aromatic rings. The number of quaternary nitrogens is 1. The number of hydroxylamine groups is 3. The lowest BCUT2D eigenvalue weighted by Crippen LogP contribution is -2.53. The molecule has 0 N–H and O–H groups in total. The third kappa shape index (κ3) is 2.27. The number of rotatable bonds is 2. The van der Waals surface area contributed by atoms with Crippen LogP contribution in [0.5, 0.6) is 0 Å². The Hall–Kier alpha value is -0.0800. The Morgan fingerprint density at radius 3 is 1.70 bits per heavy atom. The summed E-state index contributed by atoms with van der Waals surface area (Å²) in [7, 11) is 4.15. The third-order valence-electron chi connectivity index (χ3n) is 2.07. The zero-order chi connectivity index (χ0) is 8.41. The van der Waals surface area contributed by atoms with Crippen molar-refractivity contribution in [3.05, 3.63) is 0 Å². The maximum absolute atomic E-state index is 5.53. The molecule has 2 heteroatoms. The van der Waals surface area contributed by atoms with E-state index in [1.165, 1.54) is 0 Å². The second-order valence-electron chi connectivity index (χ2n) is 3.94. The van der Waals surface area contributed by atoms with E-state index in [2.05, 4.69) is 34.9 Å². The molecule has 0 aliphatic rings. The van der Waals surface area contributed by atoms with Crippen LogP contribution in [-0.4, -0.2) is 30.9 Å². The highest BCUT2D eigenvalue weighted by Gasteiger charge is 2.33. The second-order valence-corrected chi connectivity index (χ2v) is 3.94. The average Bonchev–Trinajstić information content (AvgIpc) is 1.61. The fourth-order valence-corrected chi connectivity index (χ4v) is 0.516. The lowest BCUT2D eigenvalue weighted by molar-refractivity contribution is -1.11. The third-order valence-corrected chi connectivity index (χ3v) is 2.07. The van der Waals surface area contributed by atoms with E-state index < -0.39 is 0 Å². The molecular formula is C8H20NO+. The zero-order valence-electron chi connectivity index (χ0n) is 8.06. The minimum atomic E-state index is 0.163. The molecule has 10 heavy (non-hydrogen) atoms. The van der Waals surface area contributed by atoms with Crippen molar-refractivity contribution in [1.82, 2.24) is 0 Å². The summed E-state index contributed by atoms with van der Waals surface area (Å²) < 4.78 is 0.615. The Balaban J connectivity index is 4.10. The van der Waals surface area contributed by atoms with Crippen molar-refractivity contribution in [3.63, 3.8) is 0 Å². The van der Waals surface area contributed by atoms with Crippen molar-refractivity contribution < 1.29 is 9.48 Å². The summed E-state index contributed by atoms with van der Waals surface area (Å²) in [6.07, 6.45) is 0. The van der Waals surface area contributed by atoms with Gasteiger partial charge in [0.1, 0.15) is 12.1 Å². The zero-order valence-corrected chi connectivity index (χ0v) is 8.06. The van der Waals surface area contributed by atoms with Gasteiger partial charge in [-0.25, -0.2) is 4.84 Å². The number of hydrogen-bond acceptors (Lipinski definition) is 1. The van der Waals surface area contributed by atoms with Crippen molar-refractivity contribution in [2.75, 3.05) is 20.7 Å². The van der Waals surface area contributed by atoms with E-state index >= 15 is 0 Å². The van der Waals surface area contributed by atoms with Crippen LogP contribution in [0.2, 0.25) is 0 Å². The standard InChI is InChI=1S/C8H20NO/c1-7-10-9(5,6)8(2,3)4/h7H2,1-6H3/q+1. The van der Waals surface area contributed by atoms with Gasteiger partial charge in [-0.1, -0.05) is 0 Å². The molecule has 0 saturated carbocycles. The molecule has 0 fully saturated rings. The molecule has 0 unspecified atom stereocenters. The molecule has 0 bridgehead atoms. The monoisotopic (exact) mass is 146 g/mol. The normalized spacial score (nSPS) is 13.8. The summed E-state index contributed by atoms with van der Waals surface area (Å²) in [5.74, 6) is 0. The van der Waals surface area contributed by atoms with Gasteiger partial charge in [-0.2, -0.15) is 4.65 Å². The summed E-state index contributed by atoms with van der Waals surface area (Å²) in [6.45, 7) is 9.30. The molecule has 0 amide bonds. The van der Waals surface area contributed by atoms with Crippen molar-refractivity contribution in [1.29, 1.82) is 0 Å². The summed E-state index contributed by atoms with van der Waals surface area (Å²) in [6, 6.07) is 0. The molecule has 0 atom stereocenters. The van der Waals surface area contributed by atoms with Gasteiger partial charge < -0.3 is 0 Å². The maximum Gasteiger partial charge on any atom is 0.120 e. The Morgan fingerprint density at radius 2 is 1.60 bits per heavy atom. The van der Waals surface area contributed by atoms with Crippen LogP contribution in [0.4, 0.5) is 0 Å². The van der Waals surface area contributed by atoms with Gasteiger partial charge in [-0.15, -0.1) is 0 Å². The van der Waals surface area contributed by atoms with Crippen LogP contribution in [-0.2, 0) is 4.84 Å². The van der Waals surface area contributed by atoms with Gasteiger partial charge in [0.15, 0.2) is 0 Å². The Morgan fingerprint density at radius 1 is 1.20 bits per heavy atom. The second kappa shape index (κ2) is 2.89. The van der Waals surface area contributed by atoms with Gasteiger partial charge in [-0.05, 0) is 27.7 Å². The highest BCUT2D eigenvalue weighted by Crippen LogP contribution is 2.18. The summed E-state index contributed by atoms with van der Waals surface area (Å²) >= 11 is 0. The molecule has 0 rings (SSSR count). The van der Waals surface area contributed by atoms with Crippen molar-refractivity contribution in [2.24, 2.45) is 0 Å². The fraction of sp³-hybridized carbons (Fsp3) is 1.00. The van der Waals surface area contributed by atoms with Crippen LogP contribution >= 0.6 is 0 Å². The molecule has 0 aromatic carbocycles. The molecule has 0 aliphatic carbocycles. The Labute approximate surface area is 64.3 Å². The minimum Gasteiger partial charge on any atom is -0.203 e. The first-order valence-electron chi connectivity index (χ1n) is 3.80. The predicted octanol–water partition coefficient (Wildman–Crippen LogP) is 1.81. The Bertz CT molecular complexity index is 102.